The topological polar surface area (TPSA) is 56.8 Å². The Morgan fingerprint density at radius 2 is 1.80 bits per heavy atom. The van der Waals surface area contributed by atoms with Gasteiger partial charge in [0.1, 0.15) is 0 Å². The van der Waals surface area contributed by atoms with Crippen molar-refractivity contribution in [2.24, 2.45) is 0 Å². The van der Waals surface area contributed by atoms with Crippen LogP contribution in [0.4, 0.5) is 5.69 Å². The standard InChI is InChI=1S/C19H18ClNO4/c1-4-25-18-16(23-2)8-11(9-17(18)24-3)7-14-13-6-5-12(20)10-15(13)21-19(14)22/h5-10H,4H2,1-3H3,(H,21,22). The summed E-state index contributed by atoms with van der Waals surface area (Å²) in [4.78, 5) is 12.3. The van der Waals surface area contributed by atoms with Crippen LogP contribution in [0.15, 0.2) is 30.3 Å². The molecule has 6 heteroatoms. The molecule has 0 spiro atoms. The fourth-order valence-corrected chi connectivity index (χ4v) is 2.92. The highest BCUT2D eigenvalue weighted by Gasteiger charge is 2.24. The Balaban J connectivity index is 2.09. The molecule has 2 aromatic carbocycles. The number of halogens is 1. The van der Waals surface area contributed by atoms with Gasteiger partial charge in [-0.05, 0) is 42.8 Å². The summed E-state index contributed by atoms with van der Waals surface area (Å²) in [6, 6.07) is 8.93. The fraction of sp³-hybridized carbons (Fsp3) is 0.211. The molecule has 3 rings (SSSR count). The minimum absolute atomic E-state index is 0.177. The number of methoxy groups -OCH3 is 2. The van der Waals surface area contributed by atoms with Crippen molar-refractivity contribution in [2.45, 2.75) is 6.92 Å². The zero-order valence-corrected chi connectivity index (χ0v) is 14.9. The first-order valence-corrected chi connectivity index (χ1v) is 8.17. The van der Waals surface area contributed by atoms with Crippen LogP contribution in [0.1, 0.15) is 18.1 Å². The molecule has 0 saturated carbocycles. The number of amides is 1. The highest BCUT2D eigenvalue weighted by Crippen LogP contribution is 2.41. The van der Waals surface area contributed by atoms with E-state index in [1.807, 2.05) is 25.1 Å². The van der Waals surface area contributed by atoms with Gasteiger partial charge >= 0.3 is 0 Å². The van der Waals surface area contributed by atoms with E-state index in [0.717, 1.165) is 11.1 Å². The molecule has 0 unspecified atom stereocenters. The zero-order chi connectivity index (χ0) is 18.0. The minimum atomic E-state index is -0.177. The van der Waals surface area contributed by atoms with E-state index in [0.29, 0.717) is 40.1 Å². The van der Waals surface area contributed by atoms with Crippen LogP contribution < -0.4 is 19.5 Å². The number of nitrogens with one attached hydrogen (secondary N) is 1. The molecule has 130 valence electrons. The summed E-state index contributed by atoms with van der Waals surface area (Å²) in [5.41, 5.74) is 2.83. The van der Waals surface area contributed by atoms with Gasteiger partial charge in [0.25, 0.3) is 5.91 Å². The summed E-state index contributed by atoms with van der Waals surface area (Å²) >= 11 is 5.99. The molecular weight excluding hydrogens is 342 g/mol. The highest BCUT2D eigenvalue weighted by atomic mass is 35.5. The molecule has 0 saturated heterocycles. The van der Waals surface area contributed by atoms with Crippen LogP contribution in [-0.4, -0.2) is 26.7 Å². The van der Waals surface area contributed by atoms with Crippen molar-refractivity contribution in [3.05, 3.63) is 46.5 Å². The maximum atomic E-state index is 12.3. The second-order valence-corrected chi connectivity index (χ2v) is 5.83. The number of ether oxygens (including phenoxy) is 3. The second kappa shape index (κ2) is 7.07. The monoisotopic (exact) mass is 359 g/mol. The summed E-state index contributed by atoms with van der Waals surface area (Å²) in [5.74, 6) is 1.45. The molecule has 2 aromatic rings. The van der Waals surface area contributed by atoms with E-state index in [4.69, 9.17) is 25.8 Å². The van der Waals surface area contributed by atoms with Crippen LogP contribution in [0.3, 0.4) is 0 Å². The Labute approximate surface area is 151 Å². The van der Waals surface area contributed by atoms with E-state index in [1.165, 1.54) is 0 Å². The summed E-state index contributed by atoms with van der Waals surface area (Å²) in [7, 11) is 3.13. The molecule has 1 N–H and O–H groups in total. The minimum Gasteiger partial charge on any atom is -0.493 e. The summed E-state index contributed by atoms with van der Waals surface area (Å²) in [6.07, 6.45) is 1.79. The van der Waals surface area contributed by atoms with E-state index < -0.39 is 0 Å². The molecule has 1 aliphatic heterocycles. The zero-order valence-electron chi connectivity index (χ0n) is 14.2. The van der Waals surface area contributed by atoms with Crippen molar-refractivity contribution in [2.75, 3.05) is 26.1 Å². The number of rotatable bonds is 5. The SMILES string of the molecule is CCOc1c(OC)cc(C=C2C(=O)Nc3cc(Cl)ccc32)cc1OC. The van der Waals surface area contributed by atoms with E-state index >= 15 is 0 Å². The number of hydrogen-bond acceptors (Lipinski definition) is 4. The van der Waals surface area contributed by atoms with Gasteiger partial charge in [-0.1, -0.05) is 17.7 Å². The van der Waals surface area contributed by atoms with Gasteiger partial charge in [-0.15, -0.1) is 0 Å². The summed E-state index contributed by atoms with van der Waals surface area (Å²) in [5, 5.41) is 3.39. The Morgan fingerprint density at radius 3 is 2.40 bits per heavy atom. The quantitative estimate of drug-likeness (QED) is 0.811. The molecule has 0 radical (unpaired) electrons. The van der Waals surface area contributed by atoms with Gasteiger partial charge in [0, 0.05) is 16.2 Å². The van der Waals surface area contributed by atoms with E-state index in [9.17, 15) is 4.79 Å². The van der Waals surface area contributed by atoms with Gasteiger partial charge < -0.3 is 19.5 Å². The van der Waals surface area contributed by atoms with Crippen LogP contribution in [-0.2, 0) is 4.79 Å². The van der Waals surface area contributed by atoms with Crippen LogP contribution in [0, 0.1) is 0 Å². The largest absolute Gasteiger partial charge is 0.493 e. The van der Waals surface area contributed by atoms with Gasteiger partial charge in [0.15, 0.2) is 11.5 Å². The molecule has 25 heavy (non-hydrogen) atoms. The van der Waals surface area contributed by atoms with E-state index in [1.54, 1.807) is 32.4 Å². The average molecular weight is 360 g/mol. The lowest BCUT2D eigenvalue weighted by atomic mass is 10.0. The second-order valence-electron chi connectivity index (χ2n) is 5.39. The Morgan fingerprint density at radius 1 is 1.12 bits per heavy atom. The molecule has 0 bridgehead atoms. The molecule has 0 aromatic heterocycles. The number of carbonyl (C=O) groups is 1. The normalized spacial score (nSPS) is 14.2. The molecule has 0 atom stereocenters. The number of benzene rings is 2. The third-order valence-electron chi connectivity index (χ3n) is 3.85. The third-order valence-corrected chi connectivity index (χ3v) is 4.08. The maximum Gasteiger partial charge on any atom is 0.256 e. The Kier molecular flexibility index (Phi) is 4.86. The number of fused-ring (bicyclic) bond motifs is 1. The van der Waals surface area contributed by atoms with Crippen LogP contribution in [0.5, 0.6) is 17.2 Å². The Bertz CT molecular complexity index is 835. The summed E-state index contributed by atoms with van der Waals surface area (Å²) in [6.45, 7) is 2.38. The van der Waals surface area contributed by atoms with Crippen molar-refractivity contribution in [1.82, 2.24) is 0 Å². The van der Waals surface area contributed by atoms with E-state index in [-0.39, 0.29) is 5.91 Å². The number of hydrogen-bond donors (Lipinski definition) is 1. The third kappa shape index (κ3) is 3.28. The van der Waals surface area contributed by atoms with Gasteiger partial charge in [-0.25, -0.2) is 0 Å². The van der Waals surface area contributed by atoms with Gasteiger partial charge in [0.2, 0.25) is 5.75 Å². The van der Waals surface area contributed by atoms with Crippen molar-refractivity contribution in [1.29, 1.82) is 0 Å². The number of anilines is 1. The van der Waals surface area contributed by atoms with Crippen LogP contribution >= 0.6 is 11.6 Å². The van der Waals surface area contributed by atoms with Gasteiger partial charge in [-0.3, -0.25) is 4.79 Å². The first-order valence-electron chi connectivity index (χ1n) is 7.79. The lowest BCUT2D eigenvalue weighted by Gasteiger charge is -2.14. The van der Waals surface area contributed by atoms with Crippen molar-refractivity contribution < 1.29 is 19.0 Å². The molecule has 1 heterocycles. The molecule has 1 aliphatic rings. The van der Waals surface area contributed by atoms with Crippen LogP contribution in [0.25, 0.3) is 11.6 Å². The molecule has 0 aliphatic carbocycles. The highest BCUT2D eigenvalue weighted by molar-refractivity contribution is 6.36. The van der Waals surface area contributed by atoms with Crippen LogP contribution in [0.2, 0.25) is 5.02 Å². The van der Waals surface area contributed by atoms with Gasteiger partial charge in [-0.2, -0.15) is 0 Å². The predicted molar refractivity (Wildman–Crippen MR) is 98.7 cm³/mol. The van der Waals surface area contributed by atoms with Gasteiger partial charge in [0.05, 0.1) is 26.5 Å². The predicted octanol–water partition coefficient (Wildman–Crippen LogP) is 4.25. The van der Waals surface area contributed by atoms with Crippen molar-refractivity contribution >= 4 is 34.8 Å². The molecule has 5 nitrogen and oxygen atoms in total. The molecule has 0 fully saturated rings. The lowest BCUT2D eigenvalue weighted by Crippen LogP contribution is -2.03. The lowest BCUT2D eigenvalue weighted by molar-refractivity contribution is -0.110. The smallest absolute Gasteiger partial charge is 0.256 e. The first-order chi connectivity index (χ1) is 12.1. The van der Waals surface area contributed by atoms with Crippen molar-refractivity contribution in [3.63, 3.8) is 0 Å². The molecule has 1 amide bonds. The number of carbonyl (C=O) groups excluding carboxylic acids is 1. The van der Waals surface area contributed by atoms with Crippen molar-refractivity contribution in [3.8, 4) is 17.2 Å². The Hall–Kier alpha value is -2.66. The maximum absolute atomic E-state index is 12.3. The van der Waals surface area contributed by atoms with E-state index in [2.05, 4.69) is 5.32 Å². The first kappa shape index (κ1) is 17.2. The molecular formula is C19H18ClNO4. The average Bonchev–Trinajstić information content (AvgIpc) is 2.90. The fourth-order valence-electron chi connectivity index (χ4n) is 2.75. The summed E-state index contributed by atoms with van der Waals surface area (Å²) < 4.78 is 16.4.